The van der Waals surface area contributed by atoms with Gasteiger partial charge in [0.05, 0.1) is 6.10 Å². The zero-order chi connectivity index (χ0) is 13.2. The largest absolute Gasteiger partial charge is 0.385 e. The van der Waals surface area contributed by atoms with Gasteiger partial charge in [0.1, 0.15) is 0 Å². The Balaban J connectivity index is 2.51. The Morgan fingerprint density at radius 3 is 2.56 bits per heavy atom. The summed E-state index contributed by atoms with van der Waals surface area (Å²) in [6, 6.07) is 8.30. The Morgan fingerprint density at radius 2 is 1.94 bits per heavy atom. The molecule has 0 bridgehead atoms. The van der Waals surface area contributed by atoms with Crippen LogP contribution in [0.4, 0.5) is 0 Å². The van der Waals surface area contributed by atoms with Gasteiger partial charge >= 0.3 is 0 Å². The lowest BCUT2D eigenvalue weighted by atomic mass is 10.1. The van der Waals surface area contributed by atoms with Crippen molar-refractivity contribution in [1.82, 2.24) is 5.32 Å². The monoisotopic (exact) mass is 315 g/mol. The Bertz CT molecular complexity index is 316. The first kappa shape index (κ1) is 15.6. The van der Waals surface area contributed by atoms with Gasteiger partial charge in [0.25, 0.3) is 0 Å². The van der Waals surface area contributed by atoms with Crippen LogP contribution in [0.2, 0.25) is 0 Å². The third-order valence-corrected chi connectivity index (χ3v) is 3.16. The zero-order valence-electron chi connectivity index (χ0n) is 11.1. The van der Waals surface area contributed by atoms with E-state index in [-0.39, 0.29) is 6.10 Å². The van der Waals surface area contributed by atoms with Crippen LogP contribution in [0, 0.1) is 0 Å². The number of likely N-dealkylation sites (N-methyl/N-ethyl adjacent to an activating group) is 1. The normalized spacial score (nSPS) is 12.6. The SMILES string of the molecule is CCNCC(OCCCOC)c1ccc(Br)cc1. The molecule has 0 aromatic heterocycles. The molecule has 0 aliphatic carbocycles. The van der Waals surface area contributed by atoms with Crippen molar-refractivity contribution in [3.8, 4) is 0 Å². The van der Waals surface area contributed by atoms with E-state index >= 15 is 0 Å². The molecule has 3 nitrogen and oxygen atoms in total. The highest BCUT2D eigenvalue weighted by atomic mass is 79.9. The van der Waals surface area contributed by atoms with Crippen molar-refractivity contribution in [3.05, 3.63) is 34.3 Å². The maximum Gasteiger partial charge on any atom is 0.0949 e. The van der Waals surface area contributed by atoms with Crippen LogP contribution < -0.4 is 5.32 Å². The fourth-order valence-corrected chi connectivity index (χ4v) is 1.92. The first-order chi connectivity index (χ1) is 8.77. The number of nitrogens with one attached hydrogen (secondary N) is 1. The Morgan fingerprint density at radius 1 is 1.22 bits per heavy atom. The predicted octanol–water partition coefficient (Wildman–Crippen LogP) is 3.15. The predicted molar refractivity (Wildman–Crippen MR) is 77.9 cm³/mol. The van der Waals surface area contributed by atoms with E-state index in [1.165, 1.54) is 5.56 Å². The van der Waals surface area contributed by atoms with Crippen molar-refractivity contribution in [2.24, 2.45) is 0 Å². The molecule has 0 amide bonds. The molecule has 1 aromatic carbocycles. The lowest BCUT2D eigenvalue weighted by molar-refractivity contribution is 0.0391. The molecule has 0 saturated carbocycles. The number of benzene rings is 1. The first-order valence-corrected chi connectivity index (χ1v) is 7.14. The molecule has 102 valence electrons. The molecular formula is C14H22BrNO2. The van der Waals surface area contributed by atoms with Crippen LogP contribution in [0.5, 0.6) is 0 Å². The summed E-state index contributed by atoms with van der Waals surface area (Å²) in [5, 5.41) is 3.33. The van der Waals surface area contributed by atoms with Crippen LogP contribution >= 0.6 is 15.9 Å². The summed E-state index contributed by atoms with van der Waals surface area (Å²) in [6.45, 7) is 5.36. The number of methoxy groups -OCH3 is 1. The van der Waals surface area contributed by atoms with Gasteiger partial charge in [-0.3, -0.25) is 0 Å². The molecule has 18 heavy (non-hydrogen) atoms. The summed E-state index contributed by atoms with van der Waals surface area (Å²) in [5.74, 6) is 0. The minimum Gasteiger partial charge on any atom is -0.385 e. The van der Waals surface area contributed by atoms with Crippen molar-refractivity contribution in [3.63, 3.8) is 0 Å². The van der Waals surface area contributed by atoms with Gasteiger partial charge in [-0.05, 0) is 30.7 Å². The van der Waals surface area contributed by atoms with Crippen molar-refractivity contribution >= 4 is 15.9 Å². The van der Waals surface area contributed by atoms with Crippen molar-refractivity contribution in [1.29, 1.82) is 0 Å². The molecule has 1 N–H and O–H groups in total. The highest BCUT2D eigenvalue weighted by Crippen LogP contribution is 2.19. The van der Waals surface area contributed by atoms with Gasteiger partial charge in [-0.1, -0.05) is 35.0 Å². The summed E-state index contributed by atoms with van der Waals surface area (Å²) in [7, 11) is 1.71. The smallest absolute Gasteiger partial charge is 0.0949 e. The van der Waals surface area contributed by atoms with E-state index in [0.29, 0.717) is 0 Å². The average Bonchev–Trinajstić information content (AvgIpc) is 2.39. The van der Waals surface area contributed by atoms with Crippen LogP contribution in [-0.2, 0) is 9.47 Å². The van der Waals surface area contributed by atoms with Crippen LogP contribution in [0.1, 0.15) is 25.0 Å². The van der Waals surface area contributed by atoms with Gasteiger partial charge in [-0.15, -0.1) is 0 Å². The topological polar surface area (TPSA) is 30.5 Å². The second-order valence-corrected chi connectivity index (χ2v) is 4.98. The van der Waals surface area contributed by atoms with Crippen LogP contribution in [0.3, 0.4) is 0 Å². The fourth-order valence-electron chi connectivity index (χ4n) is 1.65. The van der Waals surface area contributed by atoms with Gasteiger partial charge in [0.15, 0.2) is 0 Å². The highest BCUT2D eigenvalue weighted by molar-refractivity contribution is 9.10. The summed E-state index contributed by atoms with van der Waals surface area (Å²) >= 11 is 3.45. The molecule has 1 atom stereocenters. The van der Waals surface area contributed by atoms with Crippen LogP contribution in [-0.4, -0.2) is 33.4 Å². The lowest BCUT2D eigenvalue weighted by Crippen LogP contribution is -2.23. The average molecular weight is 316 g/mol. The first-order valence-electron chi connectivity index (χ1n) is 6.34. The Kier molecular flexibility index (Phi) is 8.25. The standard InChI is InChI=1S/C14H22BrNO2/c1-3-16-11-14(18-10-4-9-17-2)12-5-7-13(15)8-6-12/h5-8,14,16H,3-4,9-11H2,1-2H3. The van der Waals surface area contributed by atoms with Crippen molar-refractivity contribution in [2.75, 3.05) is 33.4 Å². The van der Waals surface area contributed by atoms with Crippen molar-refractivity contribution in [2.45, 2.75) is 19.4 Å². The van der Waals surface area contributed by atoms with Gasteiger partial charge in [-0.2, -0.15) is 0 Å². The number of halogens is 1. The van der Waals surface area contributed by atoms with E-state index in [9.17, 15) is 0 Å². The highest BCUT2D eigenvalue weighted by Gasteiger charge is 2.11. The third kappa shape index (κ3) is 5.96. The summed E-state index contributed by atoms with van der Waals surface area (Å²) in [5.41, 5.74) is 1.21. The minimum atomic E-state index is 0.106. The quantitative estimate of drug-likeness (QED) is 0.710. The molecule has 1 rings (SSSR count). The Hall–Kier alpha value is -0.420. The molecule has 0 aliphatic heterocycles. The summed E-state index contributed by atoms with van der Waals surface area (Å²) in [6.07, 6.45) is 1.03. The molecule has 1 unspecified atom stereocenters. The summed E-state index contributed by atoms with van der Waals surface area (Å²) in [4.78, 5) is 0. The molecule has 0 fully saturated rings. The second-order valence-electron chi connectivity index (χ2n) is 4.07. The minimum absolute atomic E-state index is 0.106. The number of hydrogen-bond acceptors (Lipinski definition) is 3. The van der Waals surface area contributed by atoms with E-state index < -0.39 is 0 Å². The third-order valence-electron chi connectivity index (χ3n) is 2.63. The van der Waals surface area contributed by atoms with Gasteiger partial charge in [-0.25, -0.2) is 0 Å². The summed E-state index contributed by atoms with van der Waals surface area (Å²) < 4.78 is 12.0. The number of ether oxygens (including phenoxy) is 2. The fraction of sp³-hybridized carbons (Fsp3) is 0.571. The number of rotatable bonds is 9. The molecular weight excluding hydrogens is 294 g/mol. The maximum atomic E-state index is 5.91. The molecule has 4 heteroatoms. The van der Waals surface area contributed by atoms with Gasteiger partial charge in [0.2, 0.25) is 0 Å². The molecule has 0 spiro atoms. The molecule has 0 aliphatic rings. The lowest BCUT2D eigenvalue weighted by Gasteiger charge is -2.19. The molecule has 0 radical (unpaired) electrons. The molecule has 0 saturated heterocycles. The van der Waals surface area contributed by atoms with E-state index in [0.717, 1.165) is 37.2 Å². The Labute approximate surface area is 118 Å². The van der Waals surface area contributed by atoms with Crippen LogP contribution in [0.25, 0.3) is 0 Å². The second kappa shape index (κ2) is 9.50. The molecule has 1 aromatic rings. The van der Waals surface area contributed by atoms with E-state index in [2.05, 4.69) is 40.3 Å². The van der Waals surface area contributed by atoms with Crippen molar-refractivity contribution < 1.29 is 9.47 Å². The van der Waals surface area contributed by atoms with Gasteiger partial charge in [0, 0.05) is 31.3 Å². The van der Waals surface area contributed by atoms with E-state index in [1.807, 2.05) is 12.1 Å². The zero-order valence-corrected chi connectivity index (χ0v) is 12.7. The maximum absolute atomic E-state index is 5.91. The van der Waals surface area contributed by atoms with E-state index in [1.54, 1.807) is 7.11 Å². The van der Waals surface area contributed by atoms with E-state index in [4.69, 9.17) is 9.47 Å². The molecule has 0 heterocycles. The van der Waals surface area contributed by atoms with Crippen LogP contribution in [0.15, 0.2) is 28.7 Å². The van der Waals surface area contributed by atoms with Gasteiger partial charge < -0.3 is 14.8 Å². The number of hydrogen-bond donors (Lipinski definition) is 1.